The Labute approximate surface area is 311 Å². The van der Waals surface area contributed by atoms with Gasteiger partial charge in [-0.05, 0) is 105 Å². The normalized spacial score (nSPS) is 19.2. The Bertz CT molecular complexity index is 2590. The summed E-state index contributed by atoms with van der Waals surface area (Å²) in [5.41, 5.74) is 7.79. The van der Waals surface area contributed by atoms with Gasteiger partial charge in [0.15, 0.2) is 0 Å². The van der Waals surface area contributed by atoms with E-state index < -0.39 is 24.7 Å². The average Bonchev–Trinajstić information content (AvgIpc) is 3.14. The van der Waals surface area contributed by atoms with Gasteiger partial charge >= 0.3 is 6.92 Å². The molecule has 6 aromatic rings. The van der Waals surface area contributed by atoms with Crippen LogP contribution in [0, 0.1) is 27.6 Å². The maximum absolute atomic E-state index is 9.08. The number of ether oxygens (including phenoxy) is 2. The summed E-state index contributed by atoms with van der Waals surface area (Å²) in [4.78, 5) is 0. The van der Waals surface area contributed by atoms with E-state index in [0.717, 1.165) is 55.9 Å². The number of hydrogen-bond acceptors (Lipinski definition) is 3. The van der Waals surface area contributed by atoms with Crippen LogP contribution in [0.5, 0.6) is 23.0 Å². The molecule has 3 nitrogen and oxygen atoms in total. The molecule has 1 atom stereocenters. The molecule has 0 aromatic heterocycles. The van der Waals surface area contributed by atoms with Crippen LogP contribution in [0.25, 0.3) is 33.4 Å². The van der Waals surface area contributed by atoms with Gasteiger partial charge in [-0.25, -0.2) is 0 Å². The maximum atomic E-state index is 9.08. The van der Waals surface area contributed by atoms with Crippen LogP contribution in [0.1, 0.15) is 74.8 Å². The SMILES string of the molecule is [2H]C([2H])([2H])c1c(-c2ccc(C)c(-c3cccc4c3OC(C)(C)c3ccccc3OB4C)c2C)ccc(C)c1-c1cccc2c1Oc1ccccc1C2(C)C([2H])([2H])[2H]. The lowest BCUT2D eigenvalue weighted by atomic mass is 9.62. The molecule has 0 fully saturated rings. The van der Waals surface area contributed by atoms with Crippen LogP contribution in [-0.4, -0.2) is 6.92 Å². The molecule has 8 rings (SSSR count). The first-order chi connectivity index (χ1) is 26.8. The Morgan fingerprint density at radius 2 is 1.16 bits per heavy atom. The average molecular weight is 675 g/mol. The van der Waals surface area contributed by atoms with Gasteiger partial charge in [0.1, 0.15) is 28.6 Å². The maximum Gasteiger partial charge on any atom is 0.392 e. The van der Waals surface area contributed by atoms with E-state index >= 15 is 0 Å². The predicted octanol–water partition coefficient (Wildman–Crippen LogP) is 11.9. The topological polar surface area (TPSA) is 27.7 Å². The predicted molar refractivity (Wildman–Crippen MR) is 212 cm³/mol. The third-order valence-electron chi connectivity index (χ3n) is 10.8. The fourth-order valence-electron chi connectivity index (χ4n) is 8.11. The fourth-order valence-corrected chi connectivity index (χ4v) is 8.11. The monoisotopic (exact) mass is 674 g/mol. The Morgan fingerprint density at radius 1 is 0.569 bits per heavy atom. The molecule has 0 saturated heterocycles. The zero-order chi connectivity index (χ0) is 40.8. The van der Waals surface area contributed by atoms with E-state index in [2.05, 4.69) is 13.0 Å². The van der Waals surface area contributed by atoms with E-state index in [1.807, 2.05) is 113 Å². The first kappa shape index (κ1) is 26.6. The number of fused-ring (bicyclic) bond motifs is 4. The molecule has 0 saturated carbocycles. The molecule has 2 heterocycles. The van der Waals surface area contributed by atoms with E-state index in [0.29, 0.717) is 39.3 Å². The van der Waals surface area contributed by atoms with E-state index in [9.17, 15) is 0 Å². The summed E-state index contributed by atoms with van der Waals surface area (Å²) in [6.07, 6.45) is 0. The highest BCUT2D eigenvalue weighted by atomic mass is 16.5. The number of benzene rings is 6. The Kier molecular flexibility index (Phi) is 6.22. The highest BCUT2D eigenvalue weighted by Gasteiger charge is 2.37. The first-order valence-electron chi connectivity index (χ1n) is 20.6. The standard InChI is InChI=1S/C47H45BO3/c1-28-24-26-32(30(3)42(28)34-16-14-20-38-44(34)49-40-22-12-10-18-36(40)46(38,5)6)33-27-25-29(2)43(31(33)4)35-17-15-21-39-45(35)50-47(7,8)37-19-11-13-23-41(37)51-48(39)9/h10-27H,1-9H3/i3D3,5D3. The smallest absolute Gasteiger partial charge is 0.392 e. The number of para-hydroxylation sites is 4. The molecule has 0 bridgehead atoms. The van der Waals surface area contributed by atoms with Crippen LogP contribution >= 0.6 is 0 Å². The molecule has 2 aliphatic rings. The van der Waals surface area contributed by atoms with Gasteiger partial charge in [0, 0.05) is 46.9 Å². The second-order valence-electron chi connectivity index (χ2n) is 14.6. The van der Waals surface area contributed by atoms with Crippen molar-refractivity contribution in [3.05, 3.63) is 148 Å². The summed E-state index contributed by atoms with van der Waals surface area (Å²) >= 11 is 0. The zero-order valence-corrected chi connectivity index (χ0v) is 30.2. The highest BCUT2D eigenvalue weighted by Crippen LogP contribution is 2.52. The molecule has 254 valence electrons. The van der Waals surface area contributed by atoms with Gasteiger partial charge < -0.3 is 14.1 Å². The lowest BCUT2D eigenvalue weighted by Gasteiger charge is -2.36. The largest absolute Gasteiger partial charge is 0.555 e. The summed E-state index contributed by atoms with van der Waals surface area (Å²) in [6.45, 7) is 8.53. The van der Waals surface area contributed by atoms with E-state index in [4.69, 9.17) is 22.4 Å². The van der Waals surface area contributed by atoms with Crippen molar-refractivity contribution < 1.29 is 22.4 Å². The summed E-state index contributed by atoms with van der Waals surface area (Å²) in [5, 5.41) is 0. The second kappa shape index (κ2) is 11.9. The van der Waals surface area contributed by atoms with Crippen LogP contribution in [0.4, 0.5) is 0 Å². The minimum absolute atomic E-state index is 0.172. The summed E-state index contributed by atoms with van der Waals surface area (Å²) in [6, 6.07) is 34.6. The molecule has 1 unspecified atom stereocenters. The van der Waals surface area contributed by atoms with Gasteiger partial charge in [-0.2, -0.15) is 0 Å². The Hall–Kier alpha value is -5.22. The van der Waals surface area contributed by atoms with Crippen molar-refractivity contribution >= 4 is 12.4 Å². The summed E-state index contributed by atoms with van der Waals surface area (Å²) in [7, 11) is 0. The van der Waals surface area contributed by atoms with Gasteiger partial charge in [-0.15, -0.1) is 0 Å². The van der Waals surface area contributed by atoms with Gasteiger partial charge in [0.05, 0.1) is 0 Å². The van der Waals surface area contributed by atoms with Gasteiger partial charge in [-0.1, -0.05) is 111 Å². The van der Waals surface area contributed by atoms with E-state index in [1.54, 1.807) is 31.2 Å². The Balaban J connectivity index is 1.35. The lowest BCUT2D eigenvalue weighted by Crippen LogP contribution is -2.40. The van der Waals surface area contributed by atoms with Crippen LogP contribution in [0.15, 0.2) is 109 Å². The van der Waals surface area contributed by atoms with Crippen molar-refractivity contribution in [1.82, 2.24) is 0 Å². The van der Waals surface area contributed by atoms with Crippen molar-refractivity contribution in [2.24, 2.45) is 0 Å². The minimum Gasteiger partial charge on any atom is -0.555 e. The molecule has 0 aliphatic carbocycles. The quantitative estimate of drug-likeness (QED) is 0.175. The number of aryl methyl sites for hydroxylation is 2. The third kappa shape index (κ3) is 5.18. The van der Waals surface area contributed by atoms with Crippen molar-refractivity contribution in [3.8, 4) is 56.4 Å². The molecule has 6 aromatic carbocycles. The van der Waals surface area contributed by atoms with Crippen LogP contribution in [0.2, 0.25) is 6.82 Å². The first-order valence-corrected chi connectivity index (χ1v) is 17.6. The van der Waals surface area contributed by atoms with Crippen molar-refractivity contribution in [3.63, 3.8) is 0 Å². The third-order valence-corrected chi connectivity index (χ3v) is 10.8. The molecular weight excluding hydrogens is 623 g/mol. The van der Waals surface area contributed by atoms with E-state index in [1.165, 1.54) is 0 Å². The molecule has 0 N–H and O–H groups in total. The summed E-state index contributed by atoms with van der Waals surface area (Å²) in [5.74, 6) is 2.29. The van der Waals surface area contributed by atoms with Gasteiger partial charge in [-0.3, -0.25) is 0 Å². The lowest BCUT2D eigenvalue weighted by molar-refractivity contribution is 0.107. The van der Waals surface area contributed by atoms with Crippen LogP contribution < -0.4 is 19.6 Å². The molecule has 0 spiro atoms. The zero-order valence-electron chi connectivity index (χ0n) is 36.2. The molecule has 0 amide bonds. The van der Waals surface area contributed by atoms with Crippen molar-refractivity contribution in [2.75, 3.05) is 0 Å². The van der Waals surface area contributed by atoms with E-state index in [-0.39, 0.29) is 12.5 Å². The van der Waals surface area contributed by atoms with Crippen molar-refractivity contribution in [1.29, 1.82) is 0 Å². The fraction of sp³-hybridized carbons (Fsp3) is 0.234. The van der Waals surface area contributed by atoms with Crippen LogP contribution in [-0.2, 0) is 11.0 Å². The Morgan fingerprint density at radius 3 is 1.86 bits per heavy atom. The summed E-state index contributed by atoms with van der Waals surface area (Å²) < 4.78 is 73.7. The minimum atomic E-state index is -2.56. The molecule has 0 radical (unpaired) electrons. The molecule has 51 heavy (non-hydrogen) atoms. The van der Waals surface area contributed by atoms with Crippen molar-refractivity contribution in [2.45, 2.75) is 73.1 Å². The number of rotatable bonds is 3. The molecule has 2 aliphatic heterocycles. The van der Waals surface area contributed by atoms with Gasteiger partial charge in [0.2, 0.25) is 0 Å². The van der Waals surface area contributed by atoms with Gasteiger partial charge in [0.25, 0.3) is 0 Å². The highest BCUT2D eigenvalue weighted by molar-refractivity contribution is 6.68. The molecular formula is C47H45BO3. The molecule has 4 heteroatoms. The second-order valence-corrected chi connectivity index (χ2v) is 14.6. The number of hydrogen-bond donors (Lipinski definition) is 0. The van der Waals surface area contributed by atoms with Crippen LogP contribution in [0.3, 0.4) is 0 Å².